The van der Waals surface area contributed by atoms with E-state index in [9.17, 15) is 9.59 Å². The van der Waals surface area contributed by atoms with Gasteiger partial charge in [0.15, 0.2) is 5.78 Å². The van der Waals surface area contributed by atoms with Crippen molar-refractivity contribution in [2.45, 2.75) is 6.42 Å². The number of methoxy groups -OCH3 is 2. The first-order valence-electron chi connectivity index (χ1n) is 6.95. The van der Waals surface area contributed by atoms with Crippen molar-refractivity contribution in [3.63, 3.8) is 0 Å². The molecule has 0 saturated carbocycles. The molecule has 0 fully saturated rings. The molecule has 0 unspecified atom stereocenters. The Bertz CT molecular complexity index is 723. The second-order valence-electron chi connectivity index (χ2n) is 4.65. The number of ketones is 1. The Hall–Kier alpha value is -2.02. The van der Waals surface area contributed by atoms with Crippen LogP contribution in [0.15, 0.2) is 54.6 Å². The minimum Gasteiger partial charge on any atom is -0.497 e. The summed E-state index contributed by atoms with van der Waals surface area (Å²) in [7, 11) is 2.88. The first-order valence-corrected chi connectivity index (χ1v) is 9.11. The zero-order valence-electron chi connectivity index (χ0n) is 12.9. The van der Waals surface area contributed by atoms with E-state index in [-0.39, 0.29) is 15.7 Å². The highest BCUT2D eigenvalue weighted by molar-refractivity contribution is 14.2. The molecule has 23 heavy (non-hydrogen) atoms. The third-order valence-electron chi connectivity index (χ3n) is 3.04. The average molecular weight is 424 g/mol. The maximum Gasteiger partial charge on any atom is 0.347 e. The highest BCUT2D eigenvalue weighted by Crippen LogP contribution is 2.17. The van der Waals surface area contributed by atoms with Crippen molar-refractivity contribution in [3.05, 3.63) is 63.7 Å². The molecule has 0 aromatic heterocycles. The Morgan fingerprint density at radius 1 is 1.00 bits per heavy atom. The van der Waals surface area contributed by atoms with Gasteiger partial charge < -0.3 is 9.47 Å². The van der Waals surface area contributed by atoms with Gasteiger partial charge in [-0.1, -0.05) is 51.1 Å². The first-order chi connectivity index (χ1) is 11.1. The normalized spacial score (nSPS) is 11.3. The Balaban J connectivity index is 2.27. The van der Waals surface area contributed by atoms with Crippen LogP contribution in [-0.2, 0) is 20.7 Å². The summed E-state index contributed by atoms with van der Waals surface area (Å²) in [6.07, 6.45) is 0.161. The van der Waals surface area contributed by atoms with Crippen molar-refractivity contribution < 1.29 is 19.1 Å². The van der Waals surface area contributed by atoms with E-state index in [1.165, 1.54) is 7.11 Å². The van der Waals surface area contributed by atoms with Crippen molar-refractivity contribution in [2.75, 3.05) is 14.2 Å². The number of hydrogen-bond acceptors (Lipinski definition) is 4. The topological polar surface area (TPSA) is 52.6 Å². The Kier molecular flexibility index (Phi) is 6.46. The number of esters is 1. The molecule has 0 heterocycles. The molecule has 0 N–H and O–H groups in total. The van der Waals surface area contributed by atoms with Crippen LogP contribution < -0.4 is 4.74 Å². The van der Waals surface area contributed by atoms with Gasteiger partial charge in [0.1, 0.15) is 9.26 Å². The van der Waals surface area contributed by atoms with Gasteiger partial charge in [-0.25, -0.2) is 4.79 Å². The van der Waals surface area contributed by atoms with Crippen LogP contribution in [0, 0.1) is 3.57 Å². The van der Waals surface area contributed by atoms with E-state index in [4.69, 9.17) is 9.47 Å². The van der Waals surface area contributed by atoms with E-state index in [0.717, 1.165) is 9.13 Å². The molecule has 2 aromatic rings. The van der Waals surface area contributed by atoms with E-state index >= 15 is 0 Å². The summed E-state index contributed by atoms with van der Waals surface area (Å²) < 4.78 is 11.2. The zero-order valence-corrected chi connectivity index (χ0v) is 15.1. The number of carbonyl (C=O) groups excluding carboxylic acids is 2. The molecule has 2 aromatic carbocycles. The molecule has 0 aliphatic carbocycles. The second kappa shape index (κ2) is 8.57. The van der Waals surface area contributed by atoms with Gasteiger partial charge in [0, 0.05) is 9.99 Å². The van der Waals surface area contributed by atoms with Crippen LogP contribution in [0.3, 0.4) is 0 Å². The van der Waals surface area contributed by atoms with Gasteiger partial charge in [0.2, 0.25) is 0 Å². The lowest BCUT2D eigenvalue weighted by Gasteiger charge is -2.06. The van der Waals surface area contributed by atoms with Crippen LogP contribution in [0.2, 0.25) is 0 Å². The summed E-state index contributed by atoms with van der Waals surface area (Å²) in [6, 6.07) is 16.8. The SMILES string of the molecule is COC(=O)C(=Ic1ccccc1)C(=O)Cc1cccc(OC)c1. The summed E-state index contributed by atoms with van der Waals surface area (Å²) >= 11 is -0.875. The standard InChI is InChI=1S/C18H17IO4/c1-22-15-10-6-7-13(11-15)12-16(20)17(18(21)23-2)19-14-8-4-3-5-9-14/h3-11H,12H2,1-2H3. The molecular weight excluding hydrogens is 407 g/mol. The number of hydrogen-bond donors (Lipinski definition) is 0. The average Bonchev–Trinajstić information content (AvgIpc) is 2.60. The fraction of sp³-hybridized carbons (Fsp3) is 0.167. The van der Waals surface area contributed by atoms with Crippen LogP contribution >= 0.6 is 20.7 Å². The molecule has 4 nitrogen and oxygen atoms in total. The Morgan fingerprint density at radius 2 is 1.74 bits per heavy atom. The second-order valence-corrected chi connectivity index (χ2v) is 7.51. The lowest BCUT2D eigenvalue weighted by molar-refractivity contribution is -0.133. The third-order valence-corrected chi connectivity index (χ3v) is 5.97. The summed E-state index contributed by atoms with van der Waals surface area (Å²) in [6.45, 7) is 0. The lowest BCUT2D eigenvalue weighted by Crippen LogP contribution is -2.25. The van der Waals surface area contributed by atoms with Gasteiger partial charge in [0.05, 0.1) is 14.2 Å². The van der Waals surface area contributed by atoms with Crippen molar-refractivity contribution >= 4 is 36.0 Å². The molecule has 0 bridgehead atoms. The third kappa shape index (κ3) is 4.99. The van der Waals surface area contributed by atoms with Crippen LogP contribution in [0.25, 0.3) is 0 Å². The Labute approximate surface area is 145 Å². The van der Waals surface area contributed by atoms with Crippen LogP contribution in [0.5, 0.6) is 5.75 Å². The van der Waals surface area contributed by atoms with Crippen molar-refractivity contribution in [1.29, 1.82) is 0 Å². The molecule has 0 aliphatic rings. The molecule has 2 rings (SSSR count). The number of benzene rings is 2. The fourth-order valence-electron chi connectivity index (χ4n) is 1.93. The van der Waals surface area contributed by atoms with Gasteiger partial charge >= 0.3 is 5.97 Å². The largest absolute Gasteiger partial charge is 0.497 e. The van der Waals surface area contributed by atoms with Crippen LogP contribution in [0.1, 0.15) is 5.56 Å². The van der Waals surface area contributed by atoms with E-state index < -0.39 is 26.7 Å². The van der Waals surface area contributed by atoms with Gasteiger partial charge in [-0.3, -0.25) is 4.79 Å². The monoisotopic (exact) mass is 424 g/mol. The maximum absolute atomic E-state index is 12.6. The van der Waals surface area contributed by atoms with E-state index in [0.29, 0.717) is 5.75 Å². The highest BCUT2D eigenvalue weighted by atomic mass is 127. The number of carbonyl (C=O) groups is 2. The maximum atomic E-state index is 12.6. The molecule has 0 saturated heterocycles. The summed E-state index contributed by atoms with van der Waals surface area (Å²) in [5.74, 6) is -0.0380. The van der Waals surface area contributed by atoms with Crippen molar-refractivity contribution in [2.24, 2.45) is 0 Å². The Morgan fingerprint density at radius 3 is 2.39 bits per heavy atom. The summed E-state index contributed by atoms with van der Waals surface area (Å²) in [5.41, 5.74) is 0.813. The number of rotatable bonds is 6. The molecule has 5 heteroatoms. The first kappa shape index (κ1) is 17.3. The molecule has 0 aliphatic heterocycles. The van der Waals surface area contributed by atoms with Crippen LogP contribution in [0.4, 0.5) is 0 Å². The highest BCUT2D eigenvalue weighted by Gasteiger charge is 2.20. The number of ether oxygens (including phenoxy) is 2. The van der Waals surface area contributed by atoms with E-state index in [1.807, 2.05) is 48.5 Å². The van der Waals surface area contributed by atoms with E-state index in [2.05, 4.69) is 0 Å². The molecule has 0 radical (unpaired) electrons. The molecule has 120 valence electrons. The smallest absolute Gasteiger partial charge is 0.347 e. The minimum absolute atomic E-state index is 0.161. The summed E-state index contributed by atoms with van der Waals surface area (Å²) in [5, 5.41) is 0. The number of halogens is 1. The zero-order chi connectivity index (χ0) is 16.7. The molecule has 0 spiro atoms. The quantitative estimate of drug-likeness (QED) is 0.407. The summed E-state index contributed by atoms with van der Waals surface area (Å²) in [4.78, 5) is 24.6. The number of Topliss-reactive ketones (excluding diaryl/α,β-unsaturated/α-hetero) is 1. The molecule has 0 amide bonds. The predicted molar refractivity (Wildman–Crippen MR) is 97.9 cm³/mol. The lowest BCUT2D eigenvalue weighted by atomic mass is 10.1. The predicted octanol–water partition coefficient (Wildman–Crippen LogP) is 2.99. The molecular formula is C18H17IO4. The van der Waals surface area contributed by atoms with Crippen molar-refractivity contribution in [3.8, 4) is 5.75 Å². The van der Waals surface area contributed by atoms with Gasteiger partial charge in [0.25, 0.3) is 0 Å². The van der Waals surface area contributed by atoms with Gasteiger partial charge in [-0.2, -0.15) is 0 Å². The van der Waals surface area contributed by atoms with Crippen LogP contribution in [-0.4, -0.2) is 29.5 Å². The fourth-order valence-corrected chi connectivity index (χ4v) is 4.26. The minimum atomic E-state index is -0.875. The van der Waals surface area contributed by atoms with Gasteiger partial charge in [-0.15, -0.1) is 0 Å². The van der Waals surface area contributed by atoms with Crippen molar-refractivity contribution in [1.82, 2.24) is 0 Å². The molecule has 0 atom stereocenters. The van der Waals surface area contributed by atoms with Gasteiger partial charge in [-0.05, 0) is 29.8 Å². The van der Waals surface area contributed by atoms with E-state index in [1.54, 1.807) is 13.2 Å².